The molecule has 0 saturated heterocycles. The summed E-state index contributed by atoms with van der Waals surface area (Å²) in [5, 5.41) is 6.64. The molecule has 294 valence electrons. The van der Waals surface area contributed by atoms with Crippen molar-refractivity contribution in [2.24, 2.45) is 0 Å². The number of para-hydroxylation sites is 3. The first-order valence-corrected chi connectivity index (χ1v) is 21.1. The number of fused-ring (bicyclic) bond motifs is 9. The molecule has 0 N–H and O–H groups in total. The van der Waals surface area contributed by atoms with Crippen molar-refractivity contribution in [2.45, 2.75) is 0 Å². The lowest BCUT2D eigenvalue weighted by Crippen LogP contribution is -2.00. The van der Waals surface area contributed by atoms with E-state index in [1.165, 1.54) is 27.4 Å². The smallest absolute Gasteiger partial charge is 0.164 e. The topological polar surface area (TPSA) is 69.9 Å². The van der Waals surface area contributed by atoms with Gasteiger partial charge in [0.15, 0.2) is 17.5 Å². The Balaban J connectivity index is 0.934. The molecule has 0 aliphatic carbocycles. The van der Waals surface area contributed by atoms with Crippen LogP contribution >= 0.6 is 0 Å². The molecule has 6 nitrogen and oxygen atoms in total. The Bertz CT molecular complexity index is 3900. The predicted molar refractivity (Wildman–Crippen MR) is 256 cm³/mol. The Hall–Kier alpha value is -8.61. The van der Waals surface area contributed by atoms with Crippen LogP contribution in [0.3, 0.4) is 0 Å². The molecule has 4 aromatic heterocycles. The molecule has 0 atom stereocenters. The number of nitrogens with zero attached hydrogens (tertiary/aromatic N) is 4. The fourth-order valence-electron chi connectivity index (χ4n) is 9.27. The van der Waals surface area contributed by atoms with Crippen LogP contribution in [0.25, 0.3) is 128 Å². The number of aromatic nitrogens is 4. The normalized spacial score (nSPS) is 11.8. The van der Waals surface area contributed by atoms with E-state index in [1.54, 1.807) is 0 Å². The first kappa shape index (κ1) is 35.2. The molecule has 4 heterocycles. The highest BCUT2D eigenvalue weighted by Crippen LogP contribution is 2.41. The van der Waals surface area contributed by atoms with Crippen LogP contribution in [-0.4, -0.2) is 19.5 Å². The van der Waals surface area contributed by atoms with Gasteiger partial charge in [0.1, 0.15) is 22.3 Å². The minimum absolute atomic E-state index is 0.552. The third-order valence-electron chi connectivity index (χ3n) is 12.3. The predicted octanol–water partition coefficient (Wildman–Crippen LogP) is 15.1. The number of furan rings is 2. The molecule has 0 amide bonds. The van der Waals surface area contributed by atoms with Crippen molar-refractivity contribution in [3.8, 4) is 62.1 Å². The van der Waals surface area contributed by atoms with Gasteiger partial charge in [-0.1, -0.05) is 140 Å². The van der Waals surface area contributed by atoms with Gasteiger partial charge in [-0.25, -0.2) is 15.0 Å². The van der Waals surface area contributed by atoms with E-state index in [2.05, 4.69) is 174 Å². The average Bonchev–Trinajstić information content (AvgIpc) is 4.03. The van der Waals surface area contributed by atoms with Gasteiger partial charge in [0.05, 0.1) is 11.0 Å². The summed E-state index contributed by atoms with van der Waals surface area (Å²) in [6, 6.07) is 71.6. The molecule has 0 aliphatic rings. The molecule has 0 unspecified atom stereocenters. The zero-order valence-electron chi connectivity index (χ0n) is 33.7. The van der Waals surface area contributed by atoms with Crippen molar-refractivity contribution in [1.29, 1.82) is 0 Å². The summed E-state index contributed by atoms with van der Waals surface area (Å²) in [7, 11) is 0. The molecule has 0 fully saturated rings. The van der Waals surface area contributed by atoms with E-state index >= 15 is 0 Å². The monoisotopic (exact) mass is 806 g/mol. The fourth-order valence-corrected chi connectivity index (χ4v) is 9.27. The standard InChI is InChI=1S/C57H34N4O2/c1-3-12-35(13-4-1)36-22-24-37(25-23-36)55-58-56(39-26-29-44-43-16-8-10-21-50(43)62-52(44)33-39)60-57(59-55)40-27-30-45-47-32-38(28-31-51(47)63-53(45)34-40)42-18-11-20-49-54(42)46-17-7-9-19-48(46)61(49)41-14-5-2-6-15-41/h1-34H. The lowest BCUT2D eigenvalue weighted by molar-refractivity contribution is 0.668. The van der Waals surface area contributed by atoms with E-state index in [9.17, 15) is 0 Å². The third-order valence-corrected chi connectivity index (χ3v) is 12.3. The van der Waals surface area contributed by atoms with Crippen LogP contribution in [0.15, 0.2) is 215 Å². The van der Waals surface area contributed by atoms with Gasteiger partial charge in [0.2, 0.25) is 0 Å². The van der Waals surface area contributed by atoms with Crippen molar-refractivity contribution in [3.05, 3.63) is 206 Å². The minimum Gasteiger partial charge on any atom is -0.456 e. The second-order valence-electron chi connectivity index (χ2n) is 16.0. The van der Waals surface area contributed by atoms with Crippen LogP contribution in [0, 0.1) is 0 Å². The van der Waals surface area contributed by atoms with Crippen LogP contribution in [-0.2, 0) is 0 Å². The second-order valence-corrected chi connectivity index (χ2v) is 16.0. The molecule has 63 heavy (non-hydrogen) atoms. The Kier molecular flexibility index (Phi) is 7.80. The highest BCUT2D eigenvalue weighted by molar-refractivity contribution is 6.17. The Morgan fingerprint density at radius 2 is 0.810 bits per heavy atom. The SMILES string of the molecule is c1ccc(-c2ccc(-c3nc(-c4ccc5c(c4)oc4ccccc45)nc(-c4ccc5c(c4)oc4ccc(-c6cccc7c6c6ccccc6n7-c6ccccc6)cc45)n3)cc2)cc1. The summed E-state index contributed by atoms with van der Waals surface area (Å²) >= 11 is 0. The highest BCUT2D eigenvalue weighted by atomic mass is 16.3. The van der Waals surface area contributed by atoms with Gasteiger partial charge in [-0.05, 0) is 89.0 Å². The molecule has 0 bridgehead atoms. The van der Waals surface area contributed by atoms with Gasteiger partial charge in [-0.15, -0.1) is 0 Å². The largest absolute Gasteiger partial charge is 0.456 e. The number of hydrogen-bond donors (Lipinski definition) is 0. The van der Waals surface area contributed by atoms with E-state index in [4.69, 9.17) is 23.8 Å². The van der Waals surface area contributed by atoms with Gasteiger partial charge in [0, 0.05) is 54.7 Å². The molecule has 0 aliphatic heterocycles. The molecule has 13 aromatic rings. The van der Waals surface area contributed by atoms with Crippen molar-refractivity contribution in [1.82, 2.24) is 19.5 Å². The maximum absolute atomic E-state index is 6.60. The molecule has 0 spiro atoms. The Morgan fingerprint density at radius 3 is 1.54 bits per heavy atom. The summed E-state index contributed by atoms with van der Waals surface area (Å²) in [5.41, 5.74) is 13.8. The van der Waals surface area contributed by atoms with Crippen LogP contribution in [0.1, 0.15) is 0 Å². The zero-order chi connectivity index (χ0) is 41.4. The third kappa shape index (κ3) is 5.76. The lowest BCUT2D eigenvalue weighted by Gasteiger charge is -2.09. The summed E-state index contributed by atoms with van der Waals surface area (Å²) in [5.74, 6) is 1.69. The van der Waals surface area contributed by atoms with Gasteiger partial charge in [0.25, 0.3) is 0 Å². The second kappa shape index (κ2) is 14.0. The minimum atomic E-state index is 0.552. The highest BCUT2D eigenvalue weighted by Gasteiger charge is 2.19. The molecule has 9 aromatic carbocycles. The van der Waals surface area contributed by atoms with E-state index in [1.807, 2.05) is 36.4 Å². The van der Waals surface area contributed by atoms with Crippen LogP contribution in [0.2, 0.25) is 0 Å². The summed E-state index contributed by atoms with van der Waals surface area (Å²) in [6.07, 6.45) is 0. The first-order valence-electron chi connectivity index (χ1n) is 21.1. The molecule has 6 heteroatoms. The van der Waals surface area contributed by atoms with Gasteiger partial charge in [-0.3, -0.25) is 0 Å². The van der Waals surface area contributed by atoms with Crippen LogP contribution in [0.4, 0.5) is 0 Å². The Labute approximate surface area is 361 Å². The molecular weight excluding hydrogens is 773 g/mol. The maximum Gasteiger partial charge on any atom is 0.164 e. The molecule has 0 radical (unpaired) electrons. The quantitative estimate of drug-likeness (QED) is 0.167. The summed E-state index contributed by atoms with van der Waals surface area (Å²) in [4.78, 5) is 15.3. The number of benzene rings is 9. The van der Waals surface area contributed by atoms with Crippen molar-refractivity contribution >= 4 is 65.7 Å². The van der Waals surface area contributed by atoms with E-state index < -0.39 is 0 Å². The van der Waals surface area contributed by atoms with Crippen molar-refractivity contribution in [3.63, 3.8) is 0 Å². The molecular formula is C57H34N4O2. The van der Waals surface area contributed by atoms with Gasteiger partial charge in [-0.2, -0.15) is 0 Å². The van der Waals surface area contributed by atoms with E-state index in [0.717, 1.165) is 82.9 Å². The van der Waals surface area contributed by atoms with Gasteiger partial charge >= 0.3 is 0 Å². The van der Waals surface area contributed by atoms with E-state index in [-0.39, 0.29) is 0 Å². The summed E-state index contributed by atoms with van der Waals surface area (Å²) in [6.45, 7) is 0. The average molecular weight is 807 g/mol. The zero-order valence-corrected chi connectivity index (χ0v) is 33.7. The molecule has 13 rings (SSSR count). The number of hydrogen-bond acceptors (Lipinski definition) is 5. The van der Waals surface area contributed by atoms with Crippen molar-refractivity contribution < 1.29 is 8.83 Å². The number of rotatable bonds is 6. The van der Waals surface area contributed by atoms with Crippen LogP contribution < -0.4 is 0 Å². The van der Waals surface area contributed by atoms with Crippen molar-refractivity contribution in [2.75, 3.05) is 0 Å². The summed E-state index contributed by atoms with van der Waals surface area (Å²) < 4.78 is 15.2. The fraction of sp³-hybridized carbons (Fsp3) is 0. The maximum atomic E-state index is 6.60. The van der Waals surface area contributed by atoms with E-state index in [0.29, 0.717) is 17.5 Å². The van der Waals surface area contributed by atoms with Gasteiger partial charge < -0.3 is 13.4 Å². The Morgan fingerprint density at radius 1 is 0.302 bits per heavy atom. The molecule has 0 saturated carbocycles. The first-order chi connectivity index (χ1) is 31.2. The van der Waals surface area contributed by atoms with Crippen LogP contribution in [0.5, 0.6) is 0 Å². The lowest BCUT2D eigenvalue weighted by atomic mass is 9.97.